The lowest BCUT2D eigenvalue weighted by molar-refractivity contribution is 1.18. The highest BCUT2D eigenvalue weighted by atomic mass is 32.1. The van der Waals surface area contributed by atoms with Crippen molar-refractivity contribution >= 4 is 175 Å². The van der Waals surface area contributed by atoms with Crippen LogP contribution in [0.4, 0.5) is 68.2 Å². The Bertz CT molecular complexity index is 8390. The zero-order valence-electron chi connectivity index (χ0n) is 73.8. The Morgan fingerprint density at radius 2 is 0.474 bits per heavy atom. The van der Waals surface area contributed by atoms with Crippen LogP contribution in [0.2, 0.25) is 0 Å². The zero-order chi connectivity index (χ0) is 89.5. The Labute approximate surface area is 793 Å². The van der Waals surface area contributed by atoms with Crippen molar-refractivity contribution in [1.29, 1.82) is 0 Å². The van der Waals surface area contributed by atoms with Gasteiger partial charge < -0.3 is 24.2 Å². The maximum atomic E-state index is 2.42. The van der Waals surface area contributed by atoms with Crippen LogP contribution in [0, 0.1) is 0 Å². The van der Waals surface area contributed by atoms with Gasteiger partial charge in [-0.3, -0.25) is 0 Å². The summed E-state index contributed by atoms with van der Waals surface area (Å²) in [6, 6.07) is 191. The van der Waals surface area contributed by atoms with Gasteiger partial charge in [0.25, 0.3) is 0 Å². The lowest BCUT2D eigenvalue weighted by Gasteiger charge is -2.27. The number of aromatic nitrogens is 1. The van der Waals surface area contributed by atoms with E-state index in [4.69, 9.17) is 0 Å². The Balaban J connectivity index is 0.000000149. The maximum Gasteiger partial charge on any atom is 0.0542 e. The fourth-order valence-electron chi connectivity index (χ4n) is 19.7. The fourth-order valence-corrected chi connectivity index (χ4v) is 22.1. The topological polar surface area (TPSA) is 17.9 Å². The van der Waals surface area contributed by atoms with Crippen LogP contribution in [-0.4, -0.2) is 4.57 Å². The summed E-state index contributed by atoms with van der Waals surface area (Å²) in [5.41, 5.74) is 31.2. The van der Waals surface area contributed by atoms with Crippen molar-refractivity contribution in [2.24, 2.45) is 0 Å². The second-order valence-corrected chi connectivity index (χ2v) is 36.4. The van der Waals surface area contributed by atoms with Gasteiger partial charge in [0.15, 0.2) is 0 Å². The van der Waals surface area contributed by atoms with E-state index in [1.165, 1.54) is 139 Å². The Hall–Kier alpha value is -17.2. The highest BCUT2D eigenvalue weighted by Crippen LogP contribution is 2.49. The number of benzene rings is 22. The first kappa shape index (κ1) is 81.1. The fraction of sp³-hybridized carbons (Fsp3) is 0. The van der Waals surface area contributed by atoms with Gasteiger partial charge in [-0.2, -0.15) is 0 Å². The van der Waals surface area contributed by atoms with Gasteiger partial charge in [-0.05, 0) is 259 Å². The Kier molecular flexibility index (Phi) is 21.4. The van der Waals surface area contributed by atoms with Gasteiger partial charge in [0.2, 0.25) is 0 Å². The maximum absolute atomic E-state index is 2.42. The van der Waals surface area contributed by atoms with E-state index < -0.39 is 0 Å². The van der Waals surface area contributed by atoms with Crippen molar-refractivity contribution in [3.8, 4) is 72.4 Å². The Morgan fingerprint density at radius 3 is 0.993 bits per heavy atom. The van der Waals surface area contributed by atoms with Gasteiger partial charge in [-0.25, -0.2) is 0 Å². The third-order valence-corrected chi connectivity index (χ3v) is 28.7. The van der Waals surface area contributed by atoms with E-state index in [0.29, 0.717) is 0 Å². The Morgan fingerprint density at radius 1 is 0.156 bits per heavy atom. The molecule has 0 spiro atoms. The minimum absolute atomic E-state index is 1.08. The molecule has 0 aliphatic heterocycles. The number of para-hydroxylation sites is 3. The van der Waals surface area contributed by atoms with Crippen LogP contribution in [0.5, 0.6) is 0 Å². The normalized spacial score (nSPS) is 11.4. The summed E-state index contributed by atoms with van der Waals surface area (Å²) in [5.74, 6) is 0. The molecule has 0 aliphatic carbocycles. The molecule has 0 aliphatic rings. The zero-order valence-corrected chi connectivity index (χ0v) is 75.4. The minimum atomic E-state index is 1.08. The number of hydrogen-bond acceptors (Lipinski definition) is 6. The van der Waals surface area contributed by atoms with Gasteiger partial charge in [0.05, 0.1) is 16.7 Å². The number of anilines is 12. The molecule has 0 saturated heterocycles. The lowest BCUT2D eigenvalue weighted by Crippen LogP contribution is -2.10. The summed E-state index contributed by atoms with van der Waals surface area (Å²) >= 11 is 3.75. The first-order valence-electron chi connectivity index (χ1n) is 46.0. The molecule has 135 heavy (non-hydrogen) atoms. The van der Waals surface area contributed by atoms with E-state index in [0.717, 1.165) is 85.1 Å². The smallest absolute Gasteiger partial charge is 0.0542 e. The average molecular weight is 1760 g/mol. The van der Waals surface area contributed by atoms with Crippen LogP contribution in [0.3, 0.4) is 0 Å². The molecular formula is C128H87N5S2. The predicted octanol–water partition coefficient (Wildman–Crippen LogP) is 37.4. The number of hydrogen-bond donors (Lipinski definition) is 0. The van der Waals surface area contributed by atoms with Crippen LogP contribution in [-0.2, 0) is 0 Å². The number of nitrogens with zero attached hydrogens (tertiary/aromatic N) is 5. The van der Waals surface area contributed by atoms with E-state index >= 15 is 0 Å². The molecule has 3 heterocycles. The van der Waals surface area contributed by atoms with Crippen molar-refractivity contribution in [3.05, 3.63) is 528 Å². The van der Waals surface area contributed by atoms with Crippen LogP contribution in [0.1, 0.15) is 0 Å². The van der Waals surface area contributed by atoms with Crippen LogP contribution in [0.15, 0.2) is 528 Å². The molecule has 0 fully saturated rings. The molecule has 22 aromatic carbocycles. The summed E-state index contributed by atoms with van der Waals surface area (Å²) in [6.45, 7) is 0. The first-order valence-corrected chi connectivity index (χ1v) is 47.6. The molecule has 7 heteroatoms. The average Bonchev–Trinajstić information content (AvgIpc) is 1.60. The van der Waals surface area contributed by atoms with Gasteiger partial charge >= 0.3 is 0 Å². The molecule has 3 aromatic heterocycles. The number of rotatable bonds is 19. The van der Waals surface area contributed by atoms with E-state index in [1.807, 2.05) is 22.7 Å². The van der Waals surface area contributed by atoms with Gasteiger partial charge in [0, 0.05) is 125 Å². The van der Waals surface area contributed by atoms with Crippen molar-refractivity contribution in [2.75, 3.05) is 19.6 Å². The molecule has 0 atom stereocenters. The standard InChI is InChI=1S/C68H47N3.C60H40N2S2/c1-3-16-48(17-4-1)55-24-13-26-59(44-55)69(61-41-36-50-20-7-8-22-54(50)46-61)57-37-32-51(33-38-57)52-34-39-58(40-35-52)70(66-31-15-23-53-21-9-10-28-63(53)66)62-42-43-68-65(47-62)64-29-11-12-30-67(64)71(68)60-27-14-25-56(45-60)49-18-5-2-6-19-49;1-3-13-45(14-4-1)61(49-37-29-43(30-38-49)51-19-11-21-55-53-17-7-9-23-57(53)63-59(51)55)47-33-25-41(26-34-47)42-27-35-48(36-28-42)62(46-15-5-2-6-16-46)50-39-31-44(32-40-50)52-20-12-22-56-54-18-8-10-24-58(54)64-60(52)56/h1-47H;1-40H. The molecule has 0 bridgehead atoms. The summed E-state index contributed by atoms with van der Waals surface area (Å²) in [6.07, 6.45) is 0. The van der Waals surface area contributed by atoms with Gasteiger partial charge in [-0.15, -0.1) is 22.7 Å². The van der Waals surface area contributed by atoms with Crippen LogP contribution >= 0.6 is 22.7 Å². The number of thiophene rings is 2. The summed E-state index contributed by atoms with van der Waals surface area (Å²) in [5, 5.41) is 12.5. The highest BCUT2D eigenvalue weighted by molar-refractivity contribution is 7.26. The van der Waals surface area contributed by atoms with Crippen molar-refractivity contribution in [2.45, 2.75) is 0 Å². The summed E-state index contributed by atoms with van der Waals surface area (Å²) in [4.78, 5) is 9.46. The molecule has 25 rings (SSSR count). The quantitative estimate of drug-likeness (QED) is 0.0803. The molecule has 0 N–H and O–H groups in total. The minimum Gasteiger partial charge on any atom is -0.311 e. The molecule has 0 radical (unpaired) electrons. The van der Waals surface area contributed by atoms with E-state index in [-0.39, 0.29) is 0 Å². The second-order valence-electron chi connectivity index (χ2n) is 34.3. The molecule has 0 unspecified atom stereocenters. The first-order chi connectivity index (χ1) is 66.9. The third kappa shape index (κ3) is 15.6. The van der Waals surface area contributed by atoms with Crippen molar-refractivity contribution in [1.82, 2.24) is 4.57 Å². The predicted molar refractivity (Wildman–Crippen MR) is 579 cm³/mol. The SMILES string of the molecule is c1ccc(-c2cccc(N(c3ccc(-c4ccc(N(c5ccc6c(c5)c5ccccc5n6-c5cccc(-c6ccccc6)c5)c5cccc6ccccc56)cc4)cc3)c3ccc4ccccc4c3)c2)cc1.c1ccc(N(c2ccc(-c3ccc(N(c4ccccc4)c4ccc(-c5cccc6c5sc5ccccc56)cc4)cc3)cc2)c2ccc(-c3cccc4c3sc3ccccc34)cc2)cc1. The lowest BCUT2D eigenvalue weighted by atomic mass is 10.0. The molecule has 25 aromatic rings. The number of fused-ring (bicyclic) bond motifs is 11. The molecule has 636 valence electrons. The summed E-state index contributed by atoms with van der Waals surface area (Å²) in [7, 11) is 0. The van der Waals surface area contributed by atoms with Crippen molar-refractivity contribution in [3.63, 3.8) is 0 Å². The molecule has 5 nitrogen and oxygen atoms in total. The molecule has 0 amide bonds. The molecule has 0 saturated carbocycles. The van der Waals surface area contributed by atoms with Gasteiger partial charge in [0.1, 0.15) is 0 Å². The van der Waals surface area contributed by atoms with Crippen LogP contribution in [0.25, 0.3) is 156 Å². The van der Waals surface area contributed by atoms with E-state index in [1.54, 1.807) is 0 Å². The van der Waals surface area contributed by atoms with Crippen molar-refractivity contribution < 1.29 is 0 Å². The highest BCUT2D eigenvalue weighted by Gasteiger charge is 2.24. The van der Waals surface area contributed by atoms with E-state index in [2.05, 4.69) is 552 Å². The van der Waals surface area contributed by atoms with Gasteiger partial charge in [-0.1, -0.05) is 352 Å². The largest absolute Gasteiger partial charge is 0.311 e. The van der Waals surface area contributed by atoms with E-state index in [9.17, 15) is 0 Å². The monoisotopic (exact) mass is 1760 g/mol. The molecular weight excluding hydrogens is 1670 g/mol. The summed E-state index contributed by atoms with van der Waals surface area (Å²) < 4.78 is 7.72. The third-order valence-electron chi connectivity index (χ3n) is 26.2. The second kappa shape index (κ2) is 35.6. The van der Waals surface area contributed by atoms with Crippen LogP contribution < -0.4 is 19.6 Å².